The summed E-state index contributed by atoms with van der Waals surface area (Å²) in [5.74, 6) is 0.142. The summed E-state index contributed by atoms with van der Waals surface area (Å²) in [6.07, 6.45) is 1.13. The van der Waals surface area contributed by atoms with E-state index in [0.717, 1.165) is 56.2 Å². The minimum absolute atomic E-state index is 0.189. The van der Waals surface area contributed by atoms with Crippen LogP contribution in [-0.4, -0.2) is 70.7 Å². The number of aromatic nitrogens is 2. The van der Waals surface area contributed by atoms with Crippen molar-refractivity contribution in [3.05, 3.63) is 82.7 Å². The third-order valence-electron chi connectivity index (χ3n) is 7.58. The molecule has 188 valence electrons. The fourth-order valence-corrected chi connectivity index (χ4v) is 5.42. The summed E-state index contributed by atoms with van der Waals surface area (Å²) in [5, 5.41) is 4.47. The maximum atomic E-state index is 13.4. The smallest absolute Gasteiger partial charge is 0.263 e. The van der Waals surface area contributed by atoms with Gasteiger partial charge < -0.3 is 4.90 Å². The van der Waals surface area contributed by atoms with Crippen LogP contribution in [-0.2, 0) is 6.54 Å². The average molecular weight is 486 g/mol. The van der Waals surface area contributed by atoms with E-state index in [2.05, 4.69) is 52.2 Å². The van der Waals surface area contributed by atoms with E-state index in [1.165, 1.54) is 10.5 Å². The lowest BCUT2D eigenvalue weighted by Crippen LogP contribution is -2.47. The number of anilines is 1. The van der Waals surface area contributed by atoms with Crippen molar-refractivity contribution in [2.24, 2.45) is 0 Å². The molecule has 3 aromatic rings. The standard InChI is InChI=1S/C29H35N5O2/c1-21(24-8-5-4-6-9-24)12-13-31-14-16-32(17-15-31)26-11-7-10-25-27(26)29(36)33(28(25)35)18-19-34-23(3)20-22(2)30-34/h4-11,20-21H,12-19H2,1-3H3. The van der Waals surface area contributed by atoms with E-state index >= 15 is 0 Å². The monoisotopic (exact) mass is 485 g/mol. The van der Waals surface area contributed by atoms with Crippen LogP contribution in [0, 0.1) is 13.8 Å². The van der Waals surface area contributed by atoms with Gasteiger partial charge in [0.15, 0.2) is 0 Å². The van der Waals surface area contributed by atoms with Crippen molar-refractivity contribution in [1.82, 2.24) is 19.6 Å². The second-order valence-electron chi connectivity index (χ2n) is 10.0. The van der Waals surface area contributed by atoms with Gasteiger partial charge in [0.1, 0.15) is 0 Å². The van der Waals surface area contributed by atoms with E-state index in [1.807, 2.05) is 36.7 Å². The topological polar surface area (TPSA) is 61.7 Å². The van der Waals surface area contributed by atoms with Crippen molar-refractivity contribution >= 4 is 17.5 Å². The van der Waals surface area contributed by atoms with Crippen molar-refractivity contribution in [2.75, 3.05) is 44.2 Å². The maximum absolute atomic E-state index is 13.4. The predicted molar refractivity (Wildman–Crippen MR) is 142 cm³/mol. The molecule has 7 nitrogen and oxygen atoms in total. The first-order chi connectivity index (χ1) is 17.4. The minimum Gasteiger partial charge on any atom is -0.368 e. The normalized spacial score (nSPS) is 17.1. The molecule has 1 saturated heterocycles. The number of carbonyl (C=O) groups excluding carboxylic acids is 2. The lowest BCUT2D eigenvalue weighted by atomic mass is 9.97. The van der Waals surface area contributed by atoms with Crippen molar-refractivity contribution in [3.63, 3.8) is 0 Å². The number of amides is 2. The van der Waals surface area contributed by atoms with Crippen molar-refractivity contribution in [2.45, 2.75) is 39.7 Å². The van der Waals surface area contributed by atoms with Gasteiger partial charge >= 0.3 is 0 Å². The van der Waals surface area contributed by atoms with Crippen molar-refractivity contribution < 1.29 is 9.59 Å². The Hall–Kier alpha value is -3.45. The summed E-state index contributed by atoms with van der Waals surface area (Å²) < 4.78 is 1.86. The molecule has 0 aliphatic carbocycles. The number of fused-ring (bicyclic) bond motifs is 1. The number of hydrogen-bond acceptors (Lipinski definition) is 5. The first-order valence-electron chi connectivity index (χ1n) is 12.9. The highest BCUT2D eigenvalue weighted by molar-refractivity contribution is 6.23. The number of imide groups is 1. The Labute approximate surface area is 213 Å². The van der Waals surface area contributed by atoms with Crippen LogP contribution >= 0.6 is 0 Å². The van der Waals surface area contributed by atoms with Gasteiger partial charge in [0.2, 0.25) is 0 Å². The van der Waals surface area contributed by atoms with Crippen LogP contribution in [0.3, 0.4) is 0 Å². The average Bonchev–Trinajstić information content (AvgIpc) is 3.35. The Kier molecular flexibility index (Phi) is 6.92. The lowest BCUT2D eigenvalue weighted by molar-refractivity contribution is 0.0647. The van der Waals surface area contributed by atoms with Crippen LogP contribution in [0.1, 0.15) is 56.9 Å². The summed E-state index contributed by atoms with van der Waals surface area (Å²) >= 11 is 0. The summed E-state index contributed by atoms with van der Waals surface area (Å²) in [6.45, 7) is 11.7. The quantitative estimate of drug-likeness (QED) is 0.450. The highest BCUT2D eigenvalue weighted by Crippen LogP contribution is 2.32. The predicted octanol–water partition coefficient (Wildman–Crippen LogP) is 4.11. The Balaban J connectivity index is 1.21. The van der Waals surface area contributed by atoms with E-state index in [4.69, 9.17) is 0 Å². The summed E-state index contributed by atoms with van der Waals surface area (Å²) in [6, 6.07) is 18.4. The molecule has 0 bridgehead atoms. The van der Waals surface area contributed by atoms with Crippen LogP contribution in [0.5, 0.6) is 0 Å². The fraction of sp³-hybridized carbons (Fsp3) is 0.414. The van der Waals surface area contributed by atoms with Crippen LogP contribution in [0.4, 0.5) is 5.69 Å². The zero-order valence-electron chi connectivity index (χ0n) is 21.5. The molecule has 1 fully saturated rings. The minimum atomic E-state index is -0.202. The second kappa shape index (κ2) is 10.3. The molecule has 0 saturated carbocycles. The number of carbonyl (C=O) groups is 2. The Morgan fingerprint density at radius 1 is 0.861 bits per heavy atom. The molecular weight excluding hydrogens is 450 g/mol. The van der Waals surface area contributed by atoms with Crippen LogP contribution in [0.2, 0.25) is 0 Å². The highest BCUT2D eigenvalue weighted by atomic mass is 16.2. The molecule has 7 heteroatoms. The third-order valence-corrected chi connectivity index (χ3v) is 7.58. The number of rotatable bonds is 8. The molecule has 1 aromatic heterocycles. The van der Waals surface area contributed by atoms with E-state index in [-0.39, 0.29) is 11.8 Å². The molecule has 3 heterocycles. The van der Waals surface area contributed by atoms with Crippen molar-refractivity contribution in [1.29, 1.82) is 0 Å². The summed E-state index contributed by atoms with van der Waals surface area (Å²) in [5.41, 5.74) is 5.32. The molecule has 2 amide bonds. The Bertz CT molecular complexity index is 1240. The molecule has 2 aliphatic heterocycles. The van der Waals surface area contributed by atoms with Crippen LogP contribution < -0.4 is 4.90 Å². The van der Waals surface area contributed by atoms with Gasteiger partial charge in [-0.1, -0.05) is 43.3 Å². The number of hydrogen-bond donors (Lipinski definition) is 0. The van der Waals surface area contributed by atoms with Gasteiger partial charge in [-0.3, -0.25) is 24.1 Å². The number of benzene rings is 2. The molecule has 2 aromatic carbocycles. The molecule has 36 heavy (non-hydrogen) atoms. The SMILES string of the molecule is Cc1cc(C)n(CCN2C(=O)c3cccc(N4CCN(CCC(C)c5ccccc5)CC4)c3C2=O)n1. The molecule has 0 N–H and O–H groups in total. The largest absolute Gasteiger partial charge is 0.368 e. The third kappa shape index (κ3) is 4.80. The van der Waals surface area contributed by atoms with E-state index in [9.17, 15) is 9.59 Å². The fourth-order valence-electron chi connectivity index (χ4n) is 5.42. The van der Waals surface area contributed by atoms with Gasteiger partial charge in [0, 0.05) is 38.4 Å². The molecule has 0 spiro atoms. The van der Waals surface area contributed by atoms with Gasteiger partial charge in [-0.05, 0) is 56.5 Å². The van der Waals surface area contributed by atoms with Gasteiger partial charge in [-0.15, -0.1) is 0 Å². The van der Waals surface area contributed by atoms with Gasteiger partial charge in [-0.2, -0.15) is 5.10 Å². The zero-order chi connectivity index (χ0) is 25.2. The summed E-state index contributed by atoms with van der Waals surface area (Å²) in [7, 11) is 0. The lowest BCUT2D eigenvalue weighted by Gasteiger charge is -2.37. The molecule has 5 rings (SSSR count). The molecule has 2 aliphatic rings. The van der Waals surface area contributed by atoms with E-state index in [0.29, 0.717) is 30.1 Å². The Morgan fingerprint density at radius 3 is 2.31 bits per heavy atom. The number of aryl methyl sites for hydroxylation is 2. The van der Waals surface area contributed by atoms with Crippen LogP contribution in [0.25, 0.3) is 0 Å². The number of piperazine rings is 1. The number of nitrogens with zero attached hydrogens (tertiary/aromatic N) is 5. The molecule has 1 unspecified atom stereocenters. The second-order valence-corrected chi connectivity index (χ2v) is 10.0. The van der Waals surface area contributed by atoms with Crippen molar-refractivity contribution in [3.8, 4) is 0 Å². The Morgan fingerprint density at radius 2 is 1.61 bits per heavy atom. The highest BCUT2D eigenvalue weighted by Gasteiger charge is 2.38. The molecular formula is C29H35N5O2. The van der Waals surface area contributed by atoms with E-state index in [1.54, 1.807) is 6.07 Å². The van der Waals surface area contributed by atoms with E-state index < -0.39 is 0 Å². The van der Waals surface area contributed by atoms with Gasteiger partial charge in [0.25, 0.3) is 11.8 Å². The zero-order valence-corrected chi connectivity index (χ0v) is 21.5. The summed E-state index contributed by atoms with van der Waals surface area (Å²) in [4.78, 5) is 32.7. The van der Waals surface area contributed by atoms with Gasteiger partial charge in [-0.25, -0.2) is 0 Å². The first-order valence-corrected chi connectivity index (χ1v) is 12.9. The van der Waals surface area contributed by atoms with Crippen LogP contribution in [0.15, 0.2) is 54.6 Å². The first kappa shape index (κ1) is 24.3. The molecule has 0 radical (unpaired) electrons. The maximum Gasteiger partial charge on any atom is 0.263 e. The molecule has 1 atom stereocenters. The van der Waals surface area contributed by atoms with Gasteiger partial charge in [0.05, 0.1) is 29.1 Å².